The number of para-hydroxylation sites is 1. The molecule has 1 N–H and O–H groups in total. The maximum atomic E-state index is 4.99. The van der Waals surface area contributed by atoms with Gasteiger partial charge in [-0.25, -0.2) is 0 Å². The zero-order chi connectivity index (χ0) is 12.4. The second-order valence-corrected chi connectivity index (χ2v) is 6.59. The van der Waals surface area contributed by atoms with Crippen molar-refractivity contribution in [1.82, 2.24) is 0 Å². The van der Waals surface area contributed by atoms with Crippen LogP contribution in [0.3, 0.4) is 0 Å². The minimum atomic E-state index is 0.236. The van der Waals surface area contributed by atoms with Crippen molar-refractivity contribution in [1.29, 1.82) is 0 Å². The fourth-order valence-corrected chi connectivity index (χ4v) is 4.24. The zero-order valence-electron chi connectivity index (χ0n) is 10.9. The Morgan fingerprint density at radius 3 is 2.94 bits per heavy atom. The van der Waals surface area contributed by atoms with Gasteiger partial charge in [-0.15, -0.1) is 0 Å². The summed E-state index contributed by atoms with van der Waals surface area (Å²) in [6, 6.07) is 10.3. The Bertz CT molecular complexity index is 443. The molecule has 1 aliphatic heterocycles. The van der Waals surface area contributed by atoms with Gasteiger partial charge in [0.2, 0.25) is 0 Å². The van der Waals surface area contributed by atoms with Crippen molar-refractivity contribution in [2.75, 3.05) is 11.1 Å². The van der Waals surface area contributed by atoms with E-state index in [1.165, 1.54) is 25.7 Å². The van der Waals surface area contributed by atoms with Gasteiger partial charge in [0.05, 0.1) is 5.54 Å². The Hall–Kier alpha value is -0.960. The molecule has 1 aliphatic carbocycles. The molecule has 1 heterocycles. The van der Waals surface area contributed by atoms with Crippen molar-refractivity contribution >= 4 is 22.6 Å². The average Bonchev–Trinajstić information content (AvgIpc) is 2.73. The molecule has 2 aliphatic rings. The van der Waals surface area contributed by atoms with Crippen LogP contribution in [-0.4, -0.2) is 16.5 Å². The van der Waals surface area contributed by atoms with E-state index in [2.05, 4.69) is 36.5 Å². The van der Waals surface area contributed by atoms with Crippen LogP contribution < -0.4 is 5.32 Å². The molecule has 1 aromatic carbocycles. The molecule has 1 aromatic rings. The number of amidine groups is 1. The van der Waals surface area contributed by atoms with Gasteiger partial charge in [-0.1, -0.05) is 49.7 Å². The van der Waals surface area contributed by atoms with Crippen molar-refractivity contribution in [2.24, 2.45) is 10.9 Å². The summed E-state index contributed by atoms with van der Waals surface area (Å²) < 4.78 is 0. The van der Waals surface area contributed by atoms with Crippen LogP contribution in [0.4, 0.5) is 5.69 Å². The lowest BCUT2D eigenvalue weighted by atomic mass is 9.78. The predicted molar refractivity (Wildman–Crippen MR) is 80.3 cm³/mol. The van der Waals surface area contributed by atoms with Gasteiger partial charge in [-0.3, -0.25) is 4.99 Å². The number of anilines is 1. The lowest BCUT2D eigenvalue weighted by Gasteiger charge is -2.33. The Labute approximate surface area is 113 Å². The van der Waals surface area contributed by atoms with Crippen molar-refractivity contribution in [3.63, 3.8) is 0 Å². The molecule has 1 spiro atoms. The van der Waals surface area contributed by atoms with E-state index in [0.717, 1.165) is 22.5 Å². The molecule has 18 heavy (non-hydrogen) atoms. The summed E-state index contributed by atoms with van der Waals surface area (Å²) in [6.07, 6.45) is 5.25. The average molecular weight is 260 g/mol. The second-order valence-electron chi connectivity index (χ2n) is 5.62. The summed E-state index contributed by atoms with van der Waals surface area (Å²) in [5, 5.41) is 4.55. The van der Waals surface area contributed by atoms with Crippen LogP contribution in [0.15, 0.2) is 35.3 Å². The first kappa shape index (κ1) is 12.1. The molecule has 0 bridgehead atoms. The maximum absolute atomic E-state index is 4.99. The quantitative estimate of drug-likeness (QED) is 0.820. The van der Waals surface area contributed by atoms with Crippen molar-refractivity contribution < 1.29 is 0 Å². The molecule has 96 valence electrons. The predicted octanol–water partition coefficient (Wildman–Crippen LogP) is 4.15. The number of hydrogen-bond acceptors (Lipinski definition) is 3. The molecular weight excluding hydrogens is 240 g/mol. The van der Waals surface area contributed by atoms with E-state index >= 15 is 0 Å². The standard InChI is InChI=1S/C15H20N2S/c1-12-6-5-9-15(10-12)11-18-14(17-15)16-13-7-3-2-4-8-13/h2-4,7-8,12H,5-6,9-11H2,1H3,(H,16,17). The summed E-state index contributed by atoms with van der Waals surface area (Å²) >= 11 is 1.88. The van der Waals surface area contributed by atoms with Crippen molar-refractivity contribution in [3.8, 4) is 0 Å². The third-order valence-corrected chi connectivity index (χ3v) is 5.06. The Kier molecular flexibility index (Phi) is 3.33. The monoisotopic (exact) mass is 260 g/mol. The van der Waals surface area contributed by atoms with Crippen molar-refractivity contribution in [3.05, 3.63) is 30.3 Å². The number of hydrogen-bond donors (Lipinski definition) is 1. The molecule has 2 atom stereocenters. The normalized spacial score (nSPS) is 31.4. The first-order valence-electron chi connectivity index (χ1n) is 6.81. The molecule has 2 nitrogen and oxygen atoms in total. The van der Waals surface area contributed by atoms with E-state index in [1.54, 1.807) is 0 Å². The molecule has 0 saturated heterocycles. The highest BCUT2D eigenvalue weighted by Gasteiger charge is 2.39. The summed E-state index contributed by atoms with van der Waals surface area (Å²) in [7, 11) is 0. The van der Waals surface area contributed by atoms with Crippen LogP contribution in [0.5, 0.6) is 0 Å². The SMILES string of the molecule is CC1CCCC2(CSC(Nc3ccccc3)=N2)C1. The fraction of sp³-hybridized carbons (Fsp3) is 0.533. The smallest absolute Gasteiger partial charge is 0.161 e. The van der Waals surface area contributed by atoms with Gasteiger partial charge in [0.15, 0.2) is 5.17 Å². The van der Waals surface area contributed by atoms with Crippen LogP contribution >= 0.6 is 11.8 Å². The third-order valence-electron chi connectivity index (χ3n) is 3.91. The van der Waals surface area contributed by atoms with E-state index in [4.69, 9.17) is 4.99 Å². The number of nitrogens with zero attached hydrogens (tertiary/aromatic N) is 1. The largest absolute Gasteiger partial charge is 0.335 e. The third kappa shape index (κ3) is 2.56. The van der Waals surface area contributed by atoms with E-state index in [-0.39, 0.29) is 5.54 Å². The van der Waals surface area contributed by atoms with E-state index in [0.29, 0.717) is 0 Å². The summed E-state index contributed by atoms with van der Waals surface area (Å²) in [6.45, 7) is 2.36. The molecule has 0 aromatic heterocycles. The van der Waals surface area contributed by atoms with E-state index in [1.807, 2.05) is 17.8 Å². The minimum absolute atomic E-state index is 0.236. The van der Waals surface area contributed by atoms with Gasteiger partial charge in [0.1, 0.15) is 0 Å². The minimum Gasteiger partial charge on any atom is -0.335 e. The molecular formula is C15H20N2S. The van der Waals surface area contributed by atoms with Gasteiger partial charge in [0.25, 0.3) is 0 Å². The number of nitrogens with one attached hydrogen (secondary N) is 1. The molecule has 3 rings (SSSR count). The first-order valence-corrected chi connectivity index (χ1v) is 7.79. The van der Waals surface area contributed by atoms with Crippen LogP contribution in [0.1, 0.15) is 32.6 Å². The van der Waals surface area contributed by atoms with Gasteiger partial charge in [-0.05, 0) is 30.9 Å². The first-order chi connectivity index (χ1) is 8.76. The molecule has 0 radical (unpaired) electrons. The van der Waals surface area contributed by atoms with E-state index in [9.17, 15) is 0 Å². The summed E-state index contributed by atoms with van der Waals surface area (Å²) in [5.74, 6) is 1.99. The topological polar surface area (TPSA) is 24.4 Å². The Morgan fingerprint density at radius 2 is 2.17 bits per heavy atom. The van der Waals surface area contributed by atoms with Gasteiger partial charge in [-0.2, -0.15) is 0 Å². The van der Waals surface area contributed by atoms with Crippen LogP contribution in [0.2, 0.25) is 0 Å². The number of benzene rings is 1. The van der Waals surface area contributed by atoms with E-state index < -0.39 is 0 Å². The molecule has 0 amide bonds. The summed E-state index contributed by atoms with van der Waals surface area (Å²) in [5.41, 5.74) is 1.38. The van der Waals surface area contributed by atoms with Crippen LogP contribution in [0.25, 0.3) is 0 Å². The summed E-state index contributed by atoms with van der Waals surface area (Å²) in [4.78, 5) is 4.99. The lowest BCUT2D eigenvalue weighted by molar-refractivity contribution is 0.266. The van der Waals surface area contributed by atoms with Crippen LogP contribution in [-0.2, 0) is 0 Å². The molecule has 3 heteroatoms. The van der Waals surface area contributed by atoms with Gasteiger partial charge in [0, 0.05) is 11.4 Å². The second kappa shape index (κ2) is 4.96. The number of rotatable bonds is 1. The zero-order valence-corrected chi connectivity index (χ0v) is 11.7. The molecule has 1 fully saturated rings. The Balaban J connectivity index is 1.71. The number of thioether (sulfide) groups is 1. The van der Waals surface area contributed by atoms with Gasteiger partial charge >= 0.3 is 0 Å². The highest BCUT2D eigenvalue weighted by molar-refractivity contribution is 8.14. The fourth-order valence-electron chi connectivity index (χ4n) is 3.06. The Morgan fingerprint density at radius 1 is 1.33 bits per heavy atom. The molecule has 2 unspecified atom stereocenters. The van der Waals surface area contributed by atoms with Crippen molar-refractivity contribution in [2.45, 2.75) is 38.1 Å². The molecule has 1 saturated carbocycles. The van der Waals surface area contributed by atoms with Gasteiger partial charge < -0.3 is 5.32 Å². The lowest BCUT2D eigenvalue weighted by Crippen LogP contribution is -2.33. The highest BCUT2D eigenvalue weighted by Crippen LogP contribution is 2.42. The van der Waals surface area contributed by atoms with Crippen LogP contribution in [0, 0.1) is 5.92 Å². The maximum Gasteiger partial charge on any atom is 0.161 e. The number of aliphatic imine (C=N–C) groups is 1. The highest BCUT2D eigenvalue weighted by atomic mass is 32.2.